The lowest BCUT2D eigenvalue weighted by Gasteiger charge is -2.10. The Balaban J connectivity index is 1.41. The smallest absolute Gasteiger partial charge is 0.147 e. The van der Waals surface area contributed by atoms with E-state index in [1.165, 1.54) is 5.56 Å². The van der Waals surface area contributed by atoms with Crippen molar-refractivity contribution in [3.63, 3.8) is 0 Å². The fourth-order valence-corrected chi connectivity index (χ4v) is 4.22. The number of thioether (sulfide) groups is 1. The number of rotatable bonds is 6. The number of hydrogen-bond acceptors (Lipinski definition) is 5. The fourth-order valence-electron chi connectivity index (χ4n) is 3.20. The summed E-state index contributed by atoms with van der Waals surface area (Å²) in [6, 6.07) is 14.3. The van der Waals surface area contributed by atoms with E-state index in [9.17, 15) is 0 Å². The summed E-state index contributed by atoms with van der Waals surface area (Å²) in [4.78, 5) is 4.67. The Kier molecular flexibility index (Phi) is 5.04. The molecule has 1 aromatic heterocycles. The summed E-state index contributed by atoms with van der Waals surface area (Å²) < 4.78 is 13.3. The van der Waals surface area contributed by atoms with Crippen LogP contribution in [-0.4, -0.2) is 34.3 Å². The van der Waals surface area contributed by atoms with Crippen LogP contribution in [0.4, 0.5) is 0 Å². The van der Waals surface area contributed by atoms with Crippen LogP contribution in [0.3, 0.4) is 0 Å². The number of nitrogens with one attached hydrogen (secondary N) is 1. The Morgan fingerprint density at radius 1 is 1.19 bits per heavy atom. The summed E-state index contributed by atoms with van der Waals surface area (Å²) in [5.41, 5.74) is 3.35. The van der Waals surface area contributed by atoms with Crippen molar-refractivity contribution in [2.24, 2.45) is 7.05 Å². The summed E-state index contributed by atoms with van der Waals surface area (Å²) in [5.74, 6) is 3.64. The Bertz CT molecular complexity index is 886. The van der Waals surface area contributed by atoms with Gasteiger partial charge in [-0.05, 0) is 36.2 Å². The molecule has 2 aromatic carbocycles. The minimum atomic E-state index is 0.440. The van der Waals surface area contributed by atoms with Crippen molar-refractivity contribution in [1.82, 2.24) is 14.9 Å². The van der Waals surface area contributed by atoms with Crippen LogP contribution < -0.4 is 14.8 Å². The highest BCUT2D eigenvalue weighted by molar-refractivity contribution is 8.00. The molecule has 2 heterocycles. The molecule has 5 nitrogen and oxygen atoms in total. The van der Waals surface area contributed by atoms with E-state index in [1.807, 2.05) is 49.1 Å². The summed E-state index contributed by atoms with van der Waals surface area (Å²) >= 11 is 1.99. The molecule has 1 fully saturated rings. The minimum Gasteiger partial charge on any atom is -0.497 e. The topological polar surface area (TPSA) is 48.3 Å². The van der Waals surface area contributed by atoms with E-state index in [0.717, 1.165) is 47.2 Å². The summed E-state index contributed by atoms with van der Waals surface area (Å²) in [5, 5.41) is 4.07. The van der Waals surface area contributed by atoms with Gasteiger partial charge in [-0.3, -0.25) is 0 Å². The van der Waals surface area contributed by atoms with Gasteiger partial charge in [-0.1, -0.05) is 12.1 Å². The van der Waals surface area contributed by atoms with Crippen LogP contribution in [0.2, 0.25) is 0 Å². The lowest BCUT2D eigenvalue weighted by Crippen LogP contribution is -2.14. The molecule has 4 rings (SSSR count). The van der Waals surface area contributed by atoms with Gasteiger partial charge in [0.2, 0.25) is 0 Å². The minimum absolute atomic E-state index is 0.440. The van der Waals surface area contributed by atoms with E-state index in [2.05, 4.69) is 27.0 Å². The van der Waals surface area contributed by atoms with Crippen molar-refractivity contribution in [2.45, 2.75) is 18.3 Å². The van der Waals surface area contributed by atoms with E-state index in [-0.39, 0.29) is 0 Å². The van der Waals surface area contributed by atoms with Gasteiger partial charge in [0.25, 0.3) is 0 Å². The molecule has 6 heteroatoms. The van der Waals surface area contributed by atoms with Gasteiger partial charge in [0.05, 0.1) is 18.1 Å². The second-order valence-electron chi connectivity index (χ2n) is 6.47. The number of benzene rings is 2. The molecule has 0 bridgehead atoms. The van der Waals surface area contributed by atoms with Gasteiger partial charge in [0, 0.05) is 30.8 Å². The zero-order valence-electron chi connectivity index (χ0n) is 15.1. The third-order valence-corrected chi connectivity index (χ3v) is 5.90. The van der Waals surface area contributed by atoms with Gasteiger partial charge in [-0.2, -0.15) is 0 Å². The van der Waals surface area contributed by atoms with Gasteiger partial charge in [0.1, 0.15) is 23.9 Å². The van der Waals surface area contributed by atoms with Gasteiger partial charge >= 0.3 is 0 Å². The monoisotopic (exact) mass is 369 g/mol. The van der Waals surface area contributed by atoms with Crippen LogP contribution in [-0.2, 0) is 20.1 Å². The molecule has 0 spiro atoms. The van der Waals surface area contributed by atoms with Crippen LogP contribution in [0.5, 0.6) is 11.5 Å². The quantitative estimate of drug-likeness (QED) is 0.722. The molecular formula is C20H23N3O2S. The average molecular weight is 369 g/mol. The second-order valence-corrected chi connectivity index (χ2v) is 7.75. The fraction of sp³-hybridized carbons (Fsp3) is 0.350. The number of imidazole rings is 1. The largest absolute Gasteiger partial charge is 0.497 e. The molecule has 136 valence electrons. The highest BCUT2D eigenvalue weighted by atomic mass is 32.2. The molecule has 0 saturated carbocycles. The van der Waals surface area contributed by atoms with E-state index in [4.69, 9.17) is 9.47 Å². The maximum atomic E-state index is 5.95. The molecule has 26 heavy (non-hydrogen) atoms. The van der Waals surface area contributed by atoms with Crippen LogP contribution in [0.25, 0.3) is 11.0 Å². The van der Waals surface area contributed by atoms with Crippen molar-refractivity contribution >= 4 is 22.8 Å². The molecule has 0 amide bonds. The molecule has 1 atom stereocenters. The first-order valence-corrected chi connectivity index (χ1v) is 9.81. The van der Waals surface area contributed by atoms with Crippen LogP contribution in [0.1, 0.15) is 11.4 Å². The molecule has 1 aliphatic heterocycles. The maximum absolute atomic E-state index is 5.95. The number of fused-ring (bicyclic) bond motifs is 1. The first-order chi connectivity index (χ1) is 12.7. The van der Waals surface area contributed by atoms with Gasteiger partial charge in [-0.15, -0.1) is 11.8 Å². The number of aryl methyl sites for hydroxylation is 1. The Morgan fingerprint density at radius 3 is 2.73 bits per heavy atom. The molecule has 1 saturated heterocycles. The van der Waals surface area contributed by atoms with Gasteiger partial charge < -0.3 is 19.4 Å². The van der Waals surface area contributed by atoms with Gasteiger partial charge in [-0.25, -0.2) is 4.98 Å². The molecule has 3 aromatic rings. The summed E-state index contributed by atoms with van der Waals surface area (Å²) in [7, 11) is 3.68. The zero-order valence-corrected chi connectivity index (χ0v) is 15.9. The Labute approximate surface area is 157 Å². The van der Waals surface area contributed by atoms with Crippen LogP contribution in [0, 0.1) is 0 Å². The number of aromatic nitrogens is 2. The molecule has 0 radical (unpaired) electrons. The average Bonchev–Trinajstić information content (AvgIpc) is 3.29. The first kappa shape index (κ1) is 17.2. The molecule has 0 aliphatic carbocycles. The Morgan fingerprint density at radius 2 is 2.00 bits per heavy atom. The van der Waals surface area contributed by atoms with Crippen molar-refractivity contribution in [1.29, 1.82) is 0 Å². The normalized spacial score (nSPS) is 16.9. The molecular weight excluding hydrogens is 346 g/mol. The van der Waals surface area contributed by atoms with E-state index in [0.29, 0.717) is 11.9 Å². The molecule has 1 N–H and O–H groups in total. The number of ether oxygens (including phenoxy) is 2. The van der Waals surface area contributed by atoms with E-state index < -0.39 is 0 Å². The van der Waals surface area contributed by atoms with Crippen LogP contribution in [0.15, 0.2) is 42.5 Å². The van der Waals surface area contributed by atoms with E-state index >= 15 is 0 Å². The number of hydrogen-bond donors (Lipinski definition) is 1. The van der Waals surface area contributed by atoms with Crippen LogP contribution >= 0.6 is 11.8 Å². The predicted octanol–water partition coefficient (Wildman–Crippen LogP) is 3.37. The summed E-state index contributed by atoms with van der Waals surface area (Å²) in [6.07, 6.45) is 1.10. The maximum Gasteiger partial charge on any atom is 0.147 e. The van der Waals surface area contributed by atoms with Crippen molar-refractivity contribution < 1.29 is 9.47 Å². The first-order valence-electron chi connectivity index (χ1n) is 8.76. The highest BCUT2D eigenvalue weighted by Crippen LogP contribution is 2.23. The van der Waals surface area contributed by atoms with Crippen molar-refractivity contribution in [2.75, 3.05) is 19.5 Å². The number of methoxy groups -OCH3 is 1. The zero-order chi connectivity index (χ0) is 17.9. The third kappa shape index (κ3) is 3.66. The second kappa shape index (κ2) is 7.60. The third-order valence-electron chi connectivity index (χ3n) is 4.73. The Hall–Kier alpha value is -2.18. The highest BCUT2D eigenvalue weighted by Gasteiger charge is 2.15. The summed E-state index contributed by atoms with van der Waals surface area (Å²) in [6.45, 7) is 1.54. The lowest BCUT2D eigenvalue weighted by molar-refractivity contribution is 0.292. The van der Waals surface area contributed by atoms with E-state index in [1.54, 1.807) is 7.11 Å². The SMILES string of the molecule is COc1ccc2c(c1)nc(COc1ccc(CC3CNCS3)cc1)n2C. The van der Waals surface area contributed by atoms with Crippen molar-refractivity contribution in [3.05, 3.63) is 53.9 Å². The lowest BCUT2D eigenvalue weighted by atomic mass is 10.1. The number of nitrogens with zero attached hydrogens (tertiary/aromatic N) is 2. The molecule has 1 aliphatic rings. The van der Waals surface area contributed by atoms with Crippen molar-refractivity contribution in [3.8, 4) is 11.5 Å². The molecule has 1 unspecified atom stereocenters. The predicted molar refractivity (Wildman–Crippen MR) is 106 cm³/mol. The standard InChI is InChI=1S/C20H23N3O2S/c1-23-19-8-7-16(24-2)10-18(19)22-20(23)12-25-15-5-3-14(4-6-15)9-17-11-21-13-26-17/h3-8,10,17,21H,9,11-13H2,1-2H3. The van der Waals surface area contributed by atoms with Gasteiger partial charge in [0.15, 0.2) is 0 Å².